The van der Waals surface area contributed by atoms with Gasteiger partial charge in [0.1, 0.15) is 0 Å². The molecule has 0 bridgehead atoms. The molecule has 3 aliphatic rings. The van der Waals surface area contributed by atoms with Crippen molar-refractivity contribution < 1.29 is 4.74 Å². The van der Waals surface area contributed by atoms with Crippen LogP contribution in [0.5, 0.6) is 0 Å². The van der Waals surface area contributed by atoms with Gasteiger partial charge in [0.25, 0.3) is 0 Å². The minimum atomic E-state index is 0.469. The Hall–Kier alpha value is -0.160. The molecule has 4 nitrogen and oxygen atoms in total. The van der Waals surface area contributed by atoms with Gasteiger partial charge in [-0.25, -0.2) is 0 Å². The van der Waals surface area contributed by atoms with E-state index in [2.05, 4.69) is 22.2 Å². The molecule has 0 unspecified atom stereocenters. The quantitative estimate of drug-likeness (QED) is 0.797. The van der Waals surface area contributed by atoms with E-state index in [4.69, 9.17) is 4.74 Å². The summed E-state index contributed by atoms with van der Waals surface area (Å²) in [4.78, 5) is 5.12. The van der Waals surface area contributed by atoms with Crippen molar-refractivity contribution in [1.29, 1.82) is 0 Å². The van der Waals surface area contributed by atoms with E-state index in [0.29, 0.717) is 5.41 Å². The van der Waals surface area contributed by atoms with Crippen LogP contribution in [0.4, 0.5) is 0 Å². The average Bonchev–Trinajstić information content (AvgIpc) is 3.25. The molecule has 0 atom stereocenters. The molecule has 110 valence electrons. The van der Waals surface area contributed by atoms with Gasteiger partial charge in [0.15, 0.2) is 0 Å². The van der Waals surface area contributed by atoms with Gasteiger partial charge in [-0.05, 0) is 38.1 Å². The summed E-state index contributed by atoms with van der Waals surface area (Å²) < 4.78 is 5.60. The topological polar surface area (TPSA) is 27.7 Å². The molecule has 4 heteroatoms. The summed E-state index contributed by atoms with van der Waals surface area (Å²) in [5, 5.41) is 3.77. The lowest BCUT2D eigenvalue weighted by atomic mass is 9.79. The molecule has 0 aromatic carbocycles. The van der Waals surface area contributed by atoms with Crippen molar-refractivity contribution in [3.05, 3.63) is 0 Å². The summed E-state index contributed by atoms with van der Waals surface area (Å²) in [5.74, 6) is 0. The summed E-state index contributed by atoms with van der Waals surface area (Å²) in [5.41, 5.74) is 0.469. The zero-order valence-electron chi connectivity index (χ0n) is 12.4. The normalized spacial score (nSPS) is 29.5. The highest BCUT2D eigenvalue weighted by molar-refractivity contribution is 4.91. The monoisotopic (exact) mass is 267 g/mol. The Bertz CT molecular complexity index is 279. The van der Waals surface area contributed by atoms with Gasteiger partial charge in [-0.2, -0.15) is 0 Å². The van der Waals surface area contributed by atoms with E-state index in [1.165, 1.54) is 65.0 Å². The Morgan fingerprint density at radius 3 is 2.42 bits per heavy atom. The second kappa shape index (κ2) is 6.08. The third-order valence-electron chi connectivity index (χ3n) is 5.05. The van der Waals surface area contributed by atoms with Crippen molar-refractivity contribution in [2.75, 3.05) is 59.5 Å². The fourth-order valence-corrected chi connectivity index (χ4v) is 3.32. The van der Waals surface area contributed by atoms with E-state index in [1.807, 2.05) is 0 Å². The van der Waals surface area contributed by atoms with Crippen LogP contribution in [0.25, 0.3) is 0 Å². The number of rotatable bonds is 5. The first-order valence-electron chi connectivity index (χ1n) is 7.98. The zero-order chi connectivity index (χ0) is 13.1. The zero-order valence-corrected chi connectivity index (χ0v) is 12.4. The molecule has 0 aromatic heterocycles. The highest BCUT2D eigenvalue weighted by Crippen LogP contribution is 2.32. The lowest BCUT2D eigenvalue weighted by Gasteiger charge is -2.43. The first-order chi connectivity index (χ1) is 9.26. The average molecular weight is 267 g/mol. The van der Waals surface area contributed by atoms with E-state index >= 15 is 0 Å². The van der Waals surface area contributed by atoms with E-state index in [-0.39, 0.29) is 0 Å². The van der Waals surface area contributed by atoms with Crippen LogP contribution < -0.4 is 5.32 Å². The number of likely N-dealkylation sites (N-methyl/N-ethyl adjacent to an activating group) is 1. The van der Waals surface area contributed by atoms with Crippen molar-refractivity contribution in [2.24, 2.45) is 5.41 Å². The van der Waals surface area contributed by atoms with E-state index in [0.717, 1.165) is 19.3 Å². The molecule has 2 aliphatic heterocycles. The molecule has 2 heterocycles. The van der Waals surface area contributed by atoms with Gasteiger partial charge in [-0.1, -0.05) is 0 Å². The maximum atomic E-state index is 5.60. The Kier molecular flexibility index (Phi) is 4.42. The Morgan fingerprint density at radius 2 is 1.79 bits per heavy atom. The molecule has 3 rings (SSSR count). The molecule has 2 saturated heterocycles. The van der Waals surface area contributed by atoms with Crippen molar-refractivity contribution >= 4 is 0 Å². The van der Waals surface area contributed by atoms with Gasteiger partial charge in [0, 0.05) is 58.5 Å². The second-order valence-corrected chi connectivity index (χ2v) is 6.85. The van der Waals surface area contributed by atoms with Crippen LogP contribution in [0.3, 0.4) is 0 Å². The van der Waals surface area contributed by atoms with Crippen LogP contribution in [0.15, 0.2) is 0 Å². The third kappa shape index (κ3) is 3.91. The molecule has 0 spiro atoms. The third-order valence-corrected chi connectivity index (χ3v) is 5.05. The molecule has 0 aromatic rings. The van der Waals surface area contributed by atoms with Crippen molar-refractivity contribution in [2.45, 2.75) is 31.7 Å². The molecule has 0 radical (unpaired) electrons. The fraction of sp³-hybridized carbons (Fsp3) is 1.00. The smallest absolute Gasteiger partial charge is 0.0472 e. The molecule has 1 N–H and O–H groups in total. The maximum absolute atomic E-state index is 5.60. The number of nitrogens with zero attached hydrogens (tertiary/aromatic N) is 2. The van der Waals surface area contributed by atoms with Gasteiger partial charge < -0.3 is 19.9 Å². The minimum absolute atomic E-state index is 0.469. The van der Waals surface area contributed by atoms with Crippen molar-refractivity contribution in [1.82, 2.24) is 15.1 Å². The second-order valence-electron chi connectivity index (χ2n) is 6.85. The summed E-state index contributed by atoms with van der Waals surface area (Å²) in [6.45, 7) is 9.31. The molecule has 3 fully saturated rings. The highest BCUT2D eigenvalue weighted by atomic mass is 16.5. The molecule has 0 amide bonds. The summed E-state index contributed by atoms with van der Waals surface area (Å²) in [6.07, 6.45) is 5.25. The Labute approximate surface area is 117 Å². The number of hydrogen-bond acceptors (Lipinski definition) is 4. The fourth-order valence-electron chi connectivity index (χ4n) is 3.32. The van der Waals surface area contributed by atoms with Gasteiger partial charge in [0.05, 0.1) is 0 Å². The molecule has 1 saturated carbocycles. The molecule has 19 heavy (non-hydrogen) atoms. The van der Waals surface area contributed by atoms with E-state index in [1.54, 1.807) is 0 Å². The predicted molar refractivity (Wildman–Crippen MR) is 77.4 cm³/mol. The van der Waals surface area contributed by atoms with Crippen LogP contribution in [-0.4, -0.2) is 75.4 Å². The summed E-state index contributed by atoms with van der Waals surface area (Å²) in [7, 11) is 2.23. The van der Waals surface area contributed by atoms with Crippen LogP contribution in [0, 0.1) is 5.41 Å². The van der Waals surface area contributed by atoms with E-state index in [9.17, 15) is 0 Å². The molecular weight excluding hydrogens is 238 g/mol. The van der Waals surface area contributed by atoms with Crippen molar-refractivity contribution in [3.8, 4) is 0 Å². The van der Waals surface area contributed by atoms with Crippen LogP contribution in [0.2, 0.25) is 0 Å². The summed E-state index contributed by atoms with van der Waals surface area (Å²) in [6, 6.07) is 0.826. The number of hydrogen-bond donors (Lipinski definition) is 1. The predicted octanol–water partition coefficient (Wildman–Crippen LogP) is 0.783. The Balaban J connectivity index is 1.54. The van der Waals surface area contributed by atoms with Gasteiger partial charge in [-0.15, -0.1) is 0 Å². The largest absolute Gasteiger partial charge is 0.381 e. The van der Waals surface area contributed by atoms with E-state index < -0.39 is 0 Å². The number of ether oxygens (including phenoxy) is 1. The lowest BCUT2D eigenvalue weighted by molar-refractivity contribution is -0.0111. The SMILES string of the molecule is CN1CCN(CC2(CNC3CC3)CCOCC2)CC1. The van der Waals surface area contributed by atoms with Crippen LogP contribution in [0.1, 0.15) is 25.7 Å². The molecule has 1 aliphatic carbocycles. The van der Waals surface area contributed by atoms with Crippen LogP contribution in [-0.2, 0) is 4.74 Å². The molecular formula is C15H29N3O. The van der Waals surface area contributed by atoms with Crippen molar-refractivity contribution in [3.63, 3.8) is 0 Å². The summed E-state index contributed by atoms with van der Waals surface area (Å²) >= 11 is 0. The minimum Gasteiger partial charge on any atom is -0.381 e. The van der Waals surface area contributed by atoms with Crippen LogP contribution >= 0.6 is 0 Å². The first-order valence-corrected chi connectivity index (χ1v) is 7.98. The van der Waals surface area contributed by atoms with Gasteiger partial charge in [-0.3, -0.25) is 0 Å². The lowest BCUT2D eigenvalue weighted by Crippen LogP contribution is -2.52. The first kappa shape index (κ1) is 13.8. The van der Waals surface area contributed by atoms with Gasteiger partial charge in [0.2, 0.25) is 0 Å². The number of piperazine rings is 1. The number of nitrogens with one attached hydrogen (secondary N) is 1. The standard InChI is InChI=1S/C15H29N3O/c1-17-6-8-18(9-7-17)13-15(4-10-19-11-5-15)12-16-14-2-3-14/h14,16H,2-13H2,1H3. The maximum Gasteiger partial charge on any atom is 0.0472 e. The highest BCUT2D eigenvalue weighted by Gasteiger charge is 2.36. The van der Waals surface area contributed by atoms with Gasteiger partial charge >= 0.3 is 0 Å². The Morgan fingerprint density at radius 1 is 1.11 bits per heavy atom.